The molecule has 0 aliphatic carbocycles. The molecule has 48 valence electrons. The number of hydrogen-bond donors (Lipinski definition) is 0. The fourth-order valence-corrected chi connectivity index (χ4v) is 0.396. The molecule has 0 N–H and O–H groups in total. The molecule has 1 heterocycles. The summed E-state index contributed by atoms with van der Waals surface area (Å²) in [5, 5.41) is 0. The third kappa shape index (κ3) is 1.01. The summed E-state index contributed by atoms with van der Waals surface area (Å²) >= 11 is 0. The molecule has 0 spiro atoms. The van der Waals surface area contributed by atoms with E-state index in [1.807, 2.05) is 0 Å². The molecule has 0 aliphatic rings. The summed E-state index contributed by atoms with van der Waals surface area (Å²) in [6.07, 6.45) is 1.22. The van der Waals surface area contributed by atoms with Crippen molar-refractivity contribution < 1.29 is 13.2 Å². The maximum atomic E-state index is 11.9. The van der Waals surface area contributed by atoms with Crippen molar-refractivity contribution in [1.82, 2.24) is 4.98 Å². The summed E-state index contributed by atoms with van der Waals surface area (Å²) < 4.78 is 35.7. The van der Waals surface area contributed by atoms with Gasteiger partial charge in [0, 0.05) is 0 Å². The van der Waals surface area contributed by atoms with Crippen LogP contribution in [0, 0.1) is 17.5 Å². The molecular weight excluding hydrogens is 131 g/mol. The predicted molar refractivity (Wildman–Crippen MR) is 24.1 cm³/mol. The van der Waals surface area contributed by atoms with Crippen molar-refractivity contribution >= 4 is 0 Å². The molecule has 0 amide bonds. The van der Waals surface area contributed by atoms with Crippen LogP contribution in [0.15, 0.2) is 12.4 Å². The fraction of sp³-hybridized carbons (Fsp3) is 0. The highest BCUT2D eigenvalue weighted by atomic mass is 19.2. The van der Waals surface area contributed by atoms with Crippen LogP contribution in [0.5, 0.6) is 0 Å². The Morgan fingerprint density at radius 3 is 1.78 bits per heavy atom. The third-order valence-corrected chi connectivity index (χ3v) is 0.795. The largest absolute Gasteiger partial charge is 0.258 e. The molecule has 1 aromatic rings. The molecular formula is C5H2F3N. The van der Waals surface area contributed by atoms with Crippen molar-refractivity contribution in [3.05, 3.63) is 29.8 Å². The third-order valence-electron chi connectivity index (χ3n) is 0.795. The van der Waals surface area contributed by atoms with E-state index in [1.54, 1.807) is 0 Å². The number of nitrogens with zero attached hydrogens (tertiary/aromatic N) is 1. The van der Waals surface area contributed by atoms with Crippen molar-refractivity contribution in [1.29, 1.82) is 0 Å². The second-order valence-corrected chi connectivity index (χ2v) is 1.42. The van der Waals surface area contributed by atoms with E-state index in [0.29, 0.717) is 12.4 Å². The van der Waals surface area contributed by atoms with Crippen molar-refractivity contribution in [2.24, 2.45) is 0 Å². The Hall–Kier alpha value is -1.06. The molecule has 0 aromatic carbocycles. The summed E-state index contributed by atoms with van der Waals surface area (Å²) in [5.41, 5.74) is 0. The van der Waals surface area contributed by atoms with Crippen molar-refractivity contribution in [3.8, 4) is 0 Å². The number of pyridine rings is 1. The summed E-state index contributed by atoms with van der Waals surface area (Å²) in [7, 11) is 0. The SMILES string of the molecule is Fc1cncc(F)c1F. The van der Waals surface area contributed by atoms with Crippen LogP contribution in [0.4, 0.5) is 13.2 Å². The van der Waals surface area contributed by atoms with Gasteiger partial charge in [0.05, 0.1) is 12.4 Å². The Morgan fingerprint density at radius 1 is 1.00 bits per heavy atom. The van der Waals surface area contributed by atoms with Gasteiger partial charge in [-0.3, -0.25) is 4.98 Å². The Balaban J connectivity index is 3.25. The molecule has 0 aliphatic heterocycles. The lowest BCUT2D eigenvalue weighted by Gasteiger charge is -1.89. The number of aromatic nitrogens is 1. The maximum Gasteiger partial charge on any atom is 0.197 e. The van der Waals surface area contributed by atoms with Crippen molar-refractivity contribution in [2.45, 2.75) is 0 Å². The van der Waals surface area contributed by atoms with E-state index in [2.05, 4.69) is 4.98 Å². The molecule has 1 rings (SSSR count). The molecule has 0 saturated carbocycles. The van der Waals surface area contributed by atoms with E-state index in [0.717, 1.165) is 0 Å². The van der Waals surface area contributed by atoms with Crippen LogP contribution in [-0.4, -0.2) is 4.98 Å². The van der Waals surface area contributed by atoms with Gasteiger partial charge in [0.25, 0.3) is 0 Å². The minimum Gasteiger partial charge on any atom is -0.258 e. The van der Waals surface area contributed by atoms with E-state index >= 15 is 0 Å². The minimum absolute atomic E-state index is 0.610. The first-order chi connectivity index (χ1) is 4.22. The summed E-state index contributed by atoms with van der Waals surface area (Å²) in [6.45, 7) is 0. The summed E-state index contributed by atoms with van der Waals surface area (Å²) in [4.78, 5) is 3.05. The van der Waals surface area contributed by atoms with Gasteiger partial charge in [0.2, 0.25) is 0 Å². The van der Waals surface area contributed by atoms with Crippen LogP contribution >= 0.6 is 0 Å². The normalized spacial score (nSPS) is 9.67. The van der Waals surface area contributed by atoms with Crippen LogP contribution < -0.4 is 0 Å². The van der Waals surface area contributed by atoms with E-state index in [4.69, 9.17) is 0 Å². The monoisotopic (exact) mass is 133 g/mol. The summed E-state index contributed by atoms with van der Waals surface area (Å²) in [5.74, 6) is -4.02. The van der Waals surface area contributed by atoms with Gasteiger partial charge in [-0.05, 0) is 0 Å². The zero-order chi connectivity index (χ0) is 6.85. The Bertz CT molecular complexity index is 203. The zero-order valence-electron chi connectivity index (χ0n) is 4.24. The molecule has 0 fully saturated rings. The van der Waals surface area contributed by atoms with Gasteiger partial charge >= 0.3 is 0 Å². The van der Waals surface area contributed by atoms with E-state index in [1.165, 1.54) is 0 Å². The average molecular weight is 133 g/mol. The Kier molecular flexibility index (Phi) is 1.38. The lowest BCUT2D eigenvalue weighted by molar-refractivity contribution is 0.441. The summed E-state index contributed by atoms with van der Waals surface area (Å²) in [6, 6.07) is 0. The molecule has 4 heteroatoms. The Labute approximate surface area is 49.1 Å². The van der Waals surface area contributed by atoms with Crippen LogP contribution in [0.2, 0.25) is 0 Å². The number of halogens is 3. The fourth-order valence-electron chi connectivity index (χ4n) is 0.396. The van der Waals surface area contributed by atoms with Gasteiger partial charge in [0.15, 0.2) is 17.5 Å². The second kappa shape index (κ2) is 2.05. The molecule has 9 heavy (non-hydrogen) atoms. The smallest absolute Gasteiger partial charge is 0.197 e. The first-order valence-corrected chi connectivity index (χ1v) is 2.16. The minimum atomic E-state index is -1.48. The van der Waals surface area contributed by atoms with Crippen LogP contribution in [0.3, 0.4) is 0 Å². The van der Waals surface area contributed by atoms with Crippen molar-refractivity contribution in [3.63, 3.8) is 0 Å². The van der Waals surface area contributed by atoms with Crippen LogP contribution in [0.1, 0.15) is 0 Å². The molecule has 1 aromatic heterocycles. The highest BCUT2D eigenvalue weighted by Gasteiger charge is 2.05. The van der Waals surface area contributed by atoms with Gasteiger partial charge in [-0.2, -0.15) is 0 Å². The Morgan fingerprint density at radius 2 is 1.44 bits per heavy atom. The molecule has 0 atom stereocenters. The van der Waals surface area contributed by atoms with Gasteiger partial charge in [-0.1, -0.05) is 0 Å². The number of rotatable bonds is 0. The van der Waals surface area contributed by atoms with Crippen molar-refractivity contribution in [2.75, 3.05) is 0 Å². The van der Waals surface area contributed by atoms with Gasteiger partial charge in [-0.15, -0.1) is 0 Å². The van der Waals surface area contributed by atoms with Crippen LogP contribution in [-0.2, 0) is 0 Å². The second-order valence-electron chi connectivity index (χ2n) is 1.42. The quantitative estimate of drug-likeness (QED) is 0.522. The standard InChI is InChI=1S/C5H2F3N/c6-3-1-9-2-4(7)5(3)8/h1-2H. The van der Waals surface area contributed by atoms with Gasteiger partial charge in [0.1, 0.15) is 0 Å². The van der Waals surface area contributed by atoms with E-state index < -0.39 is 17.5 Å². The first kappa shape index (κ1) is 6.07. The highest BCUT2D eigenvalue weighted by Crippen LogP contribution is 2.05. The molecule has 0 unspecified atom stereocenters. The molecule has 0 saturated heterocycles. The van der Waals surface area contributed by atoms with E-state index in [9.17, 15) is 13.2 Å². The molecule has 0 bridgehead atoms. The number of hydrogen-bond acceptors (Lipinski definition) is 1. The molecule has 1 nitrogen and oxygen atoms in total. The lowest BCUT2D eigenvalue weighted by Crippen LogP contribution is -1.89. The van der Waals surface area contributed by atoms with E-state index in [-0.39, 0.29) is 0 Å². The maximum absolute atomic E-state index is 11.9. The topological polar surface area (TPSA) is 12.9 Å². The first-order valence-electron chi connectivity index (χ1n) is 2.16. The predicted octanol–water partition coefficient (Wildman–Crippen LogP) is 1.50. The lowest BCUT2D eigenvalue weighted by atomic mass is 10.4. The highest BCUT2D eigenvalue weighted by molar-refractivity contribution is 4.99. The van der Waals surface area contributed by atoms with Gasteiger partial charge in [-0.25, -0.2) is 13.2 Å². The molecule has 0 radical (unpaired) electrons. The van der Waals surface area contributed by atoms with Crippen LogP contribution in [0.25, 0.3) is 0 Å². The van der Waals surface area contributed by atoms with Gasteiger partial charge < -0.3 is 0 Å². The average Bonchev–Trinajstić information content (AvgIpc) is 1.83. The zero-order valence-corrected chi connectivity index (χ0v) is 4.24.